The van der Waals surface area contributed by atoms with Crippen LogP contribution in [0.1, 0.15) is 18.4 Å². The van der Waals surface area contributed by atoms with Gasteiger partial charge in [0.25, 0.3) is 0 Å². The fourth-order valence-corrected chi connectivity index (χ4v) is 2.46. The van der Waals surface area contributed by atoms with Crippen molar-refractivity contribution in [3.05, 3.63) is 58.1 Å². The van der Waals surface area contributed by atoms with Crippen molar-refractivity contribution >= 4 is 15.9 Å². The maximum absolute atomic E-state index is 13.5. The van der Waals surface area contributed by atoms with Crippen molar-refractivity contribution in [2.24, 2.45) is 0 Å². The topological polar surface area (TPSA) is 21.3 Å². The molecule has 21 heavy (non-hydrogen) atoms. The van der Waals surface area contributed by atoms with Crippen molar-refractivity contribution in [2.45, 2.75) is 25.4 Å². The first-order chi connectivity index (χ1) is 10.1. The van der Waals surface area contributed by atoms with E-state index in [1.165, 1.54) is 12.8 Å². The molecule has 0 bridgehead atoms. The molecule has 2 nitrogen and oxygen atoms in total. The van der Waals surface area contributed by atoms with Crippen LogP contribution in [-0.4, -0.2) is 6.04 Å². The summed E-state index contributed by atoms with van der Waals surface area (Å²) in [5.74, 6) is -0.782. The highest BCUT2D eigenvalue weighted by molar-refractivity contribution is 9.10. The molecule has 5 heteroatoms. The zero-order valence-corrected chi connectivity index (χ0v) is 12.8. The smallest absolute Gasteiger partial charge is 0.165 e. The van der Waals surface area contributed by atoms with Crippen LogP contribution < -0.4 is 10.1 Å². The lowest BCUT2D eigenvalue weighted by atomic mass is 10.2. The van der Waals surface area contributed by atoms with Gasteiger partial charge in [0.05, 0.1) is 0 Å². The largest absolute Gasteiger partial charge is 0.454 e. The van der Waals surface area contributed by atoms with Gasteiger partial charge in [0.1, 0.15) is 11.6 Å². The third-order valence-corrected chi connectivity index (χ3v) is 4.04. The van der Waals surface area contributed by atoms with E-state index in [1.807, 2.05) is 6.07 Å². The van der Waals surface area contributed by atoms with Crippen LogP contribution in [-0.2, 0) is 6.54 Å². The second kappa shape index (κ2) is 6.12. The summed E-state index contributed by atoms with van der Waals surface area (Å²) < 4.78 is 32.9. The molecule has 1 aliphatic carbocycles. The van der Waals surface area contributed by atoms with Crippen LogP contribution >= 0.6 is 15.9 Å². The Morgan fingerprint density at radius 1 is 1.14 bits per heavy atom. The van der Waals surface area contributed by atoms with Crippen LogP contribution in [0.4, 0.5) is 8.78 Å². The Morgan fingerprint density at radius 2 is 1.95 bits per heavy atom. The fraction of sp³-hybridized carbons (Fsp3) is 0.250. The van der Waals surface area contributed by atoms with Gasteiger partial charge in [-0.1, -0.05) is 22.0 Å². The predicted octanol–water partition coefficient (Wildman–Crippen LogP) is 4.77. The molecule has 1 saturated carbocycles. The molecule has 110 valence electrons. The highest BCUT2D eigenvalue weighted by Crippen LogP contribution is 2.29. The molecule has 0 radical (unpaired) electrons. The van der Waals surface area contributed by atoms with Gasteiger partial charge in [-0.15, -0.1) is 0 Å². The van der Waals surface area contributed by atoms with Gasteiger partial charge < -0.3 is 10.1 Å². The second-order valence-corrected chi connectivity index (χ2v) is 5.94. The van der Waals surface area contributed by atoms with Crippen molar-refractivity contribution < 1.29 is 13.5 Å². The first-order valence-electron chi connectivity index (χ1n) is 6.76. The number of hydrogen-bond acceptors (Lipinski definition) is 2. The van der Waals surface area contributed by atoms with E-state index in [4.69, 9.17) is 4.74 Å². The standard InChI is InChI=1S/C16H14BrF2NO/c17-14-8-13(5-1-10(14)9-20-12-3-4-12)21-16-7-11(18)2-6-15(16)19/h1-2,5-8,12,20H,3-4,9H2. The molecule has 1 fully saturated rings. The van der Waals surface area contributed by atoms with E-state index in [-0.39, 0.29) is 5.75 Å². The van der Waals surface area contributed by atoms with Gasteiger partial charge >= 0.3 is 0 Å². The third kappa shape index (κ3) is 3.80. The van der Waals surface area contributed by atoms with Crippen LogP contribution in [0.2, 0.25) is 0 Å². The van der Waals surface area contributed by atoms with Gasteiger partial charge in [0.2, 0.25) is 0 Å². The third-order valence-electron chi connectivity index (χ3n) is 3.30. The number of ether oxygens (including phenoxy) is 1. The first-order valence-corrected chi connectivity index (χ1v) is 7.56. The molecular weight excluding hydrogens is 340 g/mol. The minimum atomic E-state index is -0.591. The van der Waals surface area contributed by atoms with Crippen molar-refractivity contribution in [2.75, 3.05) is 0 Å². The van der Waals surface area contributed by atoms with Crippen LogP contribution in [0.5, 0.6) is 11.5 Å². The van der Waals surface area contributed by atoms with Crippen molar-refractivity contribution in [1.82, 2.24) is 5.32 Å². The quantitative estimate of drug-likeness (QED) is 0.835. The molecular formula is C16H14BrF2NO. The van der Waals surface area contributed by atoms with Crippen molar-refractivity contribution in [1.29, 1.82) is 0 Å². The molecule has 1 N–H and O–H groups in total. The van der Waals surface area contributed by atoms with Gasteiger partial charge in [0.15, 0.2) is 11.6 Å². The number of nitrogens with one attached hydrogen (secondary N) is 1. The van der Waals surface area contributed by atoms with Crippen LogP contribution in [0, 0.1) is 11.6 Å². The lowest BCUT2D eigenvalue weighted by Gasteiger charge is -2.10. The van der Waals surface area contributed by atoms with Gasteiger partial charge in [-0.3, -0.25) is 0 Å². The average molecular weight is 354 g/mol. The molecule has 2 aromatic rings. The summed E-state index contributed by atoms with van der Waals surface area (Å²) in [5, 5.41) is 3.42. The monoisotopic (exact) mass is 353 g/mol. The molecule has 0 aliphatic heterocycles. The van der Waals surface area contributed by atoms with Crippen molar-refractivity contribution in [3.8, 4) is 11.5 Å². The van der Waals surface area contributed by atoms with Crippen LogP contribution in [0.25, 0.3) is 0 Å². The molecule has 1 aliphatic rings. The molecule has 0 saturated heterocycles. The van der Waals surface area contributed by atoms with Crippen molar-refractivity contribution in [3.63, 3.8) is 0 Å². The molecule has 2 aromatic carbocycles. The molecule has 0 unspecified atom stereocenters. The number of benzene rings is 2. The minimum Gasteiger partial charge on any atom is -0.454 e. The van der Waals surface area contributed by atoms with E-state index in [0.717, 1.165) is 34.8 Å². The van der Waals surface area contributed by atoms with Gasteiger partial charge in [-0.2, -0.15) is 0 Å². The summed E-state index contributed by atoms with van der Waals surface area (Å²) >= 11 is 3.48. The van der Waals surface area contributed by atoms with E-state index < -0.39 is 11.6 Å². The molecule has 3 rings (SSSR count). The summed E-state index contributed by atoms with van der Waals surface area (Å²) in [7, 11) is 0. The van der Waals surface area contributed by atoms with Crippen LogP contribution in [0.15, 0.2) is 40.9 Å². The maximum atomic E-state index is 13.5. The molecule has 0 spiro atoms. The van der Waals surface area contributed by atoms with E-state index in [0.29, 0.717) is 11.8 Å². The molecule has 0 heterocycles. The SMILES string of the molecule is Fc1ccc(F)c(Oc2ccc(CNC3CC3)c(Br)c2)c1. The van der Waals surface area contributed by atoms with Gasteiger partial charge in [-0.25, -0.2) is 8.78 Å². The fourth-order valence-electron chi connectivity index (χ4n) is 1.96. The average Bonchev–Trinajstić information content (AvgIpc) is 3.26. The Bertz CT molecular complexity index is 659. The van der Waals surface area contributed by atoms with Crippen LogP contribution in [0.3, 0.4) is 0 Å². The molecule has 0 atom stereocenters. The number of rotatable bonds is 5. The zero-order chi connectivity index (χ0) is 14.8. The van der Waals surface area contributed by atoms with Gasteiger partial charge in [0, 0.05) is 23.1 Å². The van der Waals surface area contributed by atoms with Gasteiger partial charge in [-0.05, 0) is 42.7 Å². The molecule has 0 amide bonds. The Hall–Kier alpha value is -1.46. The predicted molar refractivity (Wildman–Crippen MR) is 80.4 cm³/mol. The van der Waals surface area contributed by atoms with E-state index in [1.54, 1.807) is 12.1 Å². The summed E-state index contributed by atoms with van der Waals surface area (Å²) in [6.07, 6.45) is 2.47. The van der Waals surface area contributed by atoms with E-state index in [9.17, 15) is 8.78 Å². The summed E-state index contributed by atoms with van der Waals surface area (Å²) in [6.45, 7) is 0.778. The highest BCUT2D eigenvalue weighted by Gasteiger charge is 2.20. The highest BCUT2D eigenvalue weighted by atomic mass is 79.9. The lowest BCUT2D eigenvalue weighted by molar-refractivity contribution is 0.436. The molecule has 0 aromatic heterocycles. The Kier molecular flexibility index (Phi) is 4.22. The zero-order valence-electron chi connectivity index (χ0n) is 11.2. The maximum Gasteiger partial charge on any atom is 0.165 e. The number of hydrogen-bond donors (Lipinski definition) is 1. The Balaban J connectivity index is 1.73. The normalized spacial score (nSPS) is 14.2. The minimum absolute atomic E-state index is 0.120. The lowest BCUT2D eigenvalue weighted by Crippen LogP contribution is -2.15. The van der Waals surface area contributed by atoms with E-state index in [2.05, 4.69) is 21.2 Å². The summed E-state index contributed by atoms with van der Waals surface area (Å²) in [6, 6.07) is 9.19. The first kappa shape index (κ1) is 14.5. The van der Waals surface area contributed by atoms with E-state index >= 15 is 0 Å². The number of halogens is 3. The summed E-state index contributed by atoms with van der Waals surface area (Å²) in [4.78, 5) is 0. The Morgan fingerprint density at radius 3 is 2.67 bits per heavy atom. The summed E-state index contributed by atoms with van der Waals surface area (Å²) in [5.41, 5.74) is 1.11. The second-order valence-electron chi connectivity index (χ2n) is 5.09. The Labute approximate surface area is 130 Å².